The second kappa shape index (κ2) is 5.80. The molecule has 1 nitrogen and oxygen atoms in total. The Labute approximate surface area is 125 Å². The highest BCUT2D eigenvalue weighted by Gasteiger charge is 2.14. The molecule has 0 atom stereocenters. The molecule has 0 amide bonds. The van der Waals surface area contributed by atoms with Crippen molar-refractivity contribution < 1.29 is 4.79 Å². The summed E-state index contributed by atoms with van der Waals surface area (Å²) in [7, 11) is 0. The van der Waals surface area contributed by atoms with Crippen LogP contribution >= 0.6 is 11.6 Å². The molecule has 0 N–H and O–H groups in total. The van der Waals surface area contributed by atoms with Gasteiger partial charge in [-0.25, -0.2) is 0 Å². The molecule has 0 spiro atoms. The topological polar surface area (TPSA) is 17.1 Å². The molecule has 2 aromatic rings. The van der Waals surface area contributed by atoms with Gasteiger partial charge >= 0.3 is 0 Å². The Bertz CT molecular complexity index is 648. The molecule has 0 saturated heterocycles. The van der Waals surface area contributed by atoms with E-state index in [-0.39, 0.29) is 5.78 Å². The van der Waals surface area contributed by atoms with E-state index < -0.39 is 0 Å². The summed E-state index contributed by atoms with van der Waals surface area (Å²) in [6.07, 6.45) is 0.430. The van der Waals surface area contributed by atoms with Crippen LogP contribution in [-0.4, -0.2) is 5.78 Å². The minimum absolute atomic E-state index is 0.125. The largest absolute Gasteiger partial charge is 0.294 e. The summed E-state index contributed by atoms with van der Waals surface area (Å²) >= 11 is 6.09. The number of hydrogen-bond acceptors (Lipinski definition) is 1. The van der Waals surface area contributed by atoms with Crippen LogP contribution in [0, 0.1) is 27.7 Å². The maximum atomic E-state index is 12.5. The zero-order valence-corrected chi connectivity index (χ0v) is 13.1. The van der Waals surface area contributed by atoms with Gasteiger partial charge in [0.15, 0.2) is 5.78 Å². The molecule has 20 heavy (non-hydrogen) atoms. The number of carbonyl (C=O) groups is 1. The van der Waals surface area contributed by atoms with Crippen LogP contribution in [0.1, 0.15) is 38.2 Å². The van der Waals surface area contributed by atoms with Gasteiger partial charge < -0.3 is 0 Å². The van der Waals surface area contributed by atoms with E-state index in [1.54, 1.807) is 0 Å². The number of halogens is 1. The molecule has 0 radical (unpaired) electrons. The summed E-state index contributed by atoms with van der Waals surface area (Å²) in [5.74, 6) is 0.125. The van der Waals surface area contributed by atoms with Gasteiger partial charge in [0.05, 0.1) is 0 Å². The van der Waals surface area contributed by atoms with Crippen LogP contribution in [0.2, 0.25) is 5.02 Å². The zero-order chi connectivity index (χ0) is 14.9. The minimum atomic E-state index is 0.125. The Morgan fingerprint density at radius 3 is 2.25 bits per heavy atom. The fraction of sp³-hybridized carbons (Fsp3) is 0.278. The second-order valence-corrected chi connectivity index (χ2v) is 5.80. The number of benzene rings is 2. The number of carbonyl (C=O) groups excluding carboxylic acids is 1. The van der Waals surface area contributed by atoms with Gasteiger partial charge in [-0.1, -0.05) is 41.4 Å². The van der Waals surface area contributed by atoms with E-state index in [0.29, 0.717) is 11.4 Å². The number of Topliss-reactive ketones (excluding diaryl/α,β-unsaturated/α-hetero) is 1. The van der Waals surface area contributed by atoms with Crippen molar-refractivity contribution in [1.82, 2.24) is 0 Å². The van der Waals surface area contributed by atoms with Gasteiger partial charge in [-0.3, -0.25) is 4.79 Å². The van der Waals surface area contributed by atoms with Gasteiger partial charge in [-0.05, 0) is 56.0 Å². The average Bonchev–Trinajstić information content (AvgIpc) is 2.36. The quantitative estimate of drug-likeness (QED) is 0.726. The van der Waals surface area contributed by atoms with Crippen molar-refractivity contribution in [2.75, 3.05) is 0 Å². The third kappa shape index (κ3) is 2.94. The summed E-state index contributed by atoms with van der Waals surface area (Å²) in [5, 5.41) is 0.646. The van der Waals surface area contributed by atoms with E-state index in [4.69, 9.17) is 11.6 Å². The van der Waals surface area contributed by atoms with Gasteiger partial charge in [0, 0.05) is 17.0 Å². The fourth-order valence-electron chi connectivity index (χ4n) is 2.65. The van der Waals surface area contributed by atoms with Crippen LogP contribution in [0.3, 0.4) is 0 Å². The number of rotatable bonds is 3. The van der Waals surface area contributed by atoms with Gasteiger partial charge in [0.25, 0.3) is 0 Å². The highest BCUT2D eigenvalue weighted by atomic mass is 35.5. The van der Waals surface area contributed by atoms with E-state index in [1.165, 1.54) is 16.7 Å². The molecule has 2 aromatic carbocycles. The summed E-state index contributed by atoms with van der Waals surface area (Å²) in [6.45, 7) is 8.10. The summed E-state index contributed by atoms with van der Waals surface area (Å²) in [5.41, 5.74) is 6.29. The van der Waals surface area contributed by atoms with Crippen molar-refractivity contribution in [2.24, 2.45) is 0 Å². The molecule has 0 fully saturated rings. The highest BCUT2D eigenvalue weighted by Crippen LogP contribution is 2.23. The van der Waals surface area contributed by atoms with Crippen molar-refractivity contribution in [3.05, 3.63) is 68.7 Å². The SMILES string of the molecule is Cc1cc(C)c(CC(=O)c2cccc(Cl)c2C)c(C)c1. The Morgan fingerprint density at radius 1 is 1.05 bits per heavy atom. The third-order valence-corrected chi connectivity index (χ3v) is 4.16. The molecule has 0 unspecified atom stereocenters. The lowest BCUT2D eigenvalue weighted by Crippen LogP contribution is -2.08. The first-order valence-electron chi connectivity index (χ1n) is 6.75. The first-order chi connectivity index (χ1) is 9.40. The van der Waals surface area contributed by atoms with E-state index in [9.17, 15) is 4.79 Å². The molecular weight excluding hydrogens is 268 g/mol. The van der Waals surface area contributed by atoms with Gasteiger partial charge in [0.1, 0.15) is 0 Å². The van der Waals surface area contributed by atoms with E-state index in [2.05, 4.69) is 32.9 Å². The Morgan fingerprint density at radius 2 is 1.65 bits per heavy atom. The first kappa shape index (κ1) is 14.8. The van der Waals surface area contributed by atoms with E-state index >= 15 is 0 Å². The molecule has 0 aliphatic carbocycles. The Balaban J connectivity index is 2.36. The maximum absolute atomic E-state index is 12.5. The van der Waals surface area contributed by atoms with Crippen molar-refractivity contribution >= 4 is 17.4 Å². The molecule has 0 aliphatic rings. The standard InChI is InChI=1S/C18H19ClO/c1-11-8-12(2)16(13(3)9-11)10-18(20)15-6-5-7-17(19)14(15)4/h5-9H,10H2,1-4H3. The van der Waals surface area contributed by atoms with Crippen LogP contribution in [-0.2, 0) is 6.42 Å². The van der Waals surface area contributed by atoms with Crippen LogP contribution in [0.5, 0.6) is 0 Å². The van der Waals surface area contributed by atoms with Crippen LogP contribution in [0.4, 0.5) is 0 Å². The number of ketones is 1. The lowest BCUT2D eigenvalue weighted by molar-refractivity contribution is 0.0992. The minimum Gasteiger partial charge on any atom is -0.294 e. The smallest absolute Gasteiger partial charge is 0.167 e. The molecule has 0 bridgehead atoms. The summed E-state index contributed by atoms with van der Waals surface area (Å²) in [6, 6.07) is 9.75. The molecule has 0 aliphatic heterocycles. The van der Waals surface area contributed by atoms with Crippen molar-refractivity contribution in [2.45, 2.75) is 34.1 Å². The highest BCUT2D eigenvalue weighted by molar-refractivity contribution is 6.31. The molecule has 0 heterocycles. The van der Waals surface area contributed by atoms with E-state index in [1.807, 2.05) is 25.1 Å². The maximum Gasteiger partial charge on any atom is 0.167 e. The Kier molecular flexibility index (Phi) is 4.29. The molecule has 0 aromatic heterocycles. The summed E-state index contributed by atoms with van der Waals surface area (Å²) < 4.78 is 0. The van der Waals surface area contributed by atoms with Crippen molar-refractivity contribution in [1.29, 1.82) is 0 Å². The third-order valence-electron chi connectivity index (χ3n) is 3.75. The monoisotopic (exact) mass is 286 g/mol. The molecule has 0 saturated carbocycles. The summed E-state index contributed by atoms with van der Waals surface area (Å²) in [4.78, 5) is 12.5. The molecule has 2 heteroatoms. The average molecular weight is 287 g/mol. The van der Waals surface area contributed by atoms with Gasteiger partial charge in [0.2, 0.25) is 0 Å². The molecule has 2 rings (SSSR count). The van der Waals surface area contributed by atoms with Gasteiger partial charge in [-0.15, -0.1) is 0 Å². The normalized spacial score (nSPS) is 10.7. The van der Waals surface area contributed by atoms with Crippen molar-refractivity contribution in [3.8, 4) is 0 Å². The van der Waals surface area contributed by atoms with Crippen LogP contribution in [0.15, 0.2) is 30.3 Å². The Hall–Kier alpha value is -1.60. The number of aryl methyl sites for hydroxylation is 3. The van der Waals surface area contributed by atoms with Crippen molar-refractivity contribution in [3.63, 3.8) is 0 Å². The first-order valence-corrected chi connectivity index (χ1v) is 7.13. The predicted octanol–water partition coefficient (Wildman–Crippen LogP) is 5.00. The van der Waals surface area contributed by atoms with Crippen LogP contribution < -0.4 is 0 Å². The van der Waals surface area contributed by atoms with Gasteiger partial charge in [-0.2, -0.15) is 0 Å². The zero-order valence-electron chi connectivity index (χ0n) is 12.4. The number of hydrogen-bond donors (Lipinski definition) is 0. The lowest BCUT2D eigenvalue weighted by atomic mass is 9.92. The van der Waals surface area contributed by atoms with Crippen LogP contribution in [0.25, 0.3) is 0 Å². The predicted molar refractivity (Wildman–Crippen MR) is 84.9 cm³/mol. The fourth-order valence-corrected chi connectivity index (χ4v) is 2.83. The molecular formula is C18H19ClO. The van der Waals surface area contributed by atoms with E-state index in [0.717, 1.165) is 16.7 Å². The molecule has 104 valence electrons. The second-order valence-electron chi connectivity index (χ2n) is 5.39. The lowest BCUT2D eigenvalue weighted by Gasteiger charge is -2.12.